The first-order chi connectivity index (χ1) is 10.2. The van der Waals surface area contributed by atoms with Crippen molar-refractivity contribution >= 4 is 5.82 Å². The number of H-pyrrole nitrogens is 1. The highest BCUT2D eigenvalue weighted by Gasteiger charge is 2.16. The number of nitrogens with one attached hydrogen (secondary N) is 1. The van der Waals surface area contributed by atoms with Crippen molar-refractivity contribution in [3.05, 3.63) is 42.2 Å². The van der Waals surface area contributed by atoms with E-state index in [2.05, 4.69) is 20.4 Å². The molecular weight excluding hydrogens is 266 g/mol. The van der Waals surface area contributed by atoms with Crippen molar-refractivity contribution < 1.29 is 4.74 Å². The van der Waals surface area contributed by atoms with Gasteiger partial charge in [0, 0.05) is 5.56 Å². The molecule has 0 saturated carbocycles. The third kappa shape index (κ3) is 2.31. The standard InChI is InChI=1S/C15H15N5O/c1-9-3-4-10(7-12(9)21-2)13-14(19-20-15(13)16)11-5-6-17-18-8-11/h3-8H,1-2H3,(H3,16,19,20). The van der Waals surface area contributed by atoms with Gasteiger partial charge in [0.1, 0.15) is 5.75 Å². The van der Waals surface area contributed by atoms with Crippen LogP contribution in [0.25, 0.3) is 22.4 Å². The highest BCUT2D eigenvalue weighted by molar-refractivity contribution is 5.88. The third-order valence-electron chi connectivity index (χ3n) is 3.36. The number of aromatic nitrogens is 4. The van der Waals surface area contributed by atoms with Gasteiger partial charge in [0.2, 0.25) is 0 Å². The minimum Gasteiger partial charge on any atom is -0.496 e. The van der Waals surface area contributed by atoms with Crippen molar-refractivity contribution in [3.8, 4) is 28.1 Å². The predicted molar refractivity (Wildman–Crippen MR) is 80.8 cm³/mol. The molecule has 3 aromatic rings. The van der Waals surface area contributed by atoms with Crippen LogP contribution < -0.4 is 10.5 Å². The Bertz CT molecular complexity index is 767. The Kier molecular flexibility index (Phi) is 3.27. The molecule has 0 unspecified atom stereocenters. The number of nitrogens with zero attached hydrogens (tertiary/aromatic N) is 3. The van der Waals surface area contributed by atoms with Crippen molar-refractivity contribution in [2.75, 3.05) is 12.8 Å². The maximum absolute atomic E-state index is 6.02. The first kappa shape index (κ1) is 13.1. The molecule has 3 rings (SSSR count). The Morgan fingerprint density at radius 1 is 1.14 bits per heavy atom. The second-order valence-corrected chi connectivity index (χ2v) is 4.67. The molecule has 0 aliphatic carbocycles. The average molecular weight is 281 g/mol. The Labute approximate surface area is 122 Å². The van der Waals surface area contributed by atoms with E-state index in [0.717, 1.165) is 33.7 Å². The molecule has 3 N–H and O–H groups in total. The van der Waals surface area contributed by atoms with Crippen LogP contribution in [-0.4, -0.2) is 27.5 Å². The maximum atomic E-state index is 6.02. The number of anilines is 1. The van der Waals surface area contributed by atoms with E-state index in [0.29, 0.717) is 5.82 Å². The summed E-state index contributed by atoms with van der Waals surface area (Å²) in [5.74, 6) is 1.25. The molecule has 0 saturated heterocycles. The van der Waals surface area contributed by atoms with Crippen molar-refractivity contribution in [3.63, 3.8) is 0 Å². The summed E-state index contributed by atoms with van der Waals surface area (Å²) in [5.41, 5.74) is 10.6. The summed E-state index contributed by atoms with van der Waals surface area (Å²) >= 11 is 0. The lowest BCUT2D eigenvalue weighted by Gasteiger charge is -2.09. The highest BCUT2D eigenvalue weighted by atomic mass is 16.5. The number of aryl methyl sites for hydroxylation is 1. The Morgan fingerprint density at radius 3 is 2.71 bits per heavy atom. The zero-order chi connectivity index (χ0) is 14.8. The molecule has 0 aliphatic rings. The Balaban J connectivity index is 2.17. The van der Waals surface area contributed by atoms with Crippen LogP contribution in [-0.2, 0) is 0 Å². The number of nitrogen functional groups attached to an aromatic ring is 1. The van der Waals surface area contributed by atoms with E-state index >= 15 is 0 Å². The largest absolute Gasteiger partial charge is 0.496 e. The van der Waals surface area contributed by atoms with Gasteiger partial charge in [0.05, 0.1) is 30.8 Å². The molecule has 0 spiro atoms. The van der Waals surface area contributed by atoms with E-state index in [1.165, 1.54) is 0 Å². The third-order valence-corrected chi connectivity index (χ3v) is 3.36. The monoisotopic (exact) mass is 281 g/mol. The number of hydrogen-bond acceptors (Lipinski definition) is 5. The summed E-state index contributed by atoms with van der Waals surface area (Å²) in [6, 6.07) is 7.80. The summed E-state index contributed by atoms with van der Waals surface area (Å²) in [7, 11) is 1.65. The summed E-state index contributed by atoms with van der Waals surface area (Å²) in [6.45, 7) is 2.00. The van der Waals surface area contributed by atoms with Gasteiger partial charge in [-0.25, -0.2) is 0 Å². The fourth-order valence-electron chi connectivity index (χ4n) is 2.27. The summed E-state index contributed by atoms with van der Waals surface area (Å²) in [6.07, 6.45) is 3.30. The van der Waals surface area contributed by atoms with Crippen LogP contribution in [0.1, 0.15) is 5.56 Å². The summed E-state index contributed by atoms with van der Waals surface area (Å²) in [5, 5.41) is 14.7. The summed E-state index contributed by atoms with van der Waals surface area (Å²) < 4.78 is 5.38. The van der Waals surface area contributed by atoms with Crippen LogP contribution in [0.5, 0.6) is 5.75 Å². The fourth-order valence-corrected chi connectivity index (χ4v) is 2.27. The van der Waals surface area contributed by atoms with Crippen LogP contribution >= 0.6 is 0 Å². The van der Waals surface area contributed by atoms with Crippen molar-refractivity contribution in [2.45, 2.75) is 6.92 Å². The molecule has 1 aromatic carbocycles. The molecule has 2 aromatic heterocycles. The highest BCUT2D eigenvalue weighted by Crippen LogP contribution is 2.36. The summed E-state index contributed by atoms with van der Waals surface area (Å²) in [4.78, 5) is 0. The van der Waals surface area contributed by atoms with Crippen LogP contribution in [0.3, 0.4) is 0 Å². The second-order valence-electron chi connectivity index (χ2n) is 4.67. The lowest BCUT2D eigenvalue weighted by Crippen LogP contribution is -1.92. The van der Waals surface area contributed by atoms with Gasteiger partial charge in [-0.1, -0.05) is 12.1 Å². The predicted octanol–water partition coefficient (Wildman–Crippen LogP) is 2.43. The Morgan fingerprint density at radius 2 is 2.00 bits per heavy atom. The number of rotatable bonds is 3. The van der Waals surface area contributed by atoms with E-state index in [4.69, 9.17) is 10.5 Å². The number of methoxy groups -OCH3 is 1. The van der Waals surface area contributed by atoms with Crippen LogP contribution in [0, 0.1) is 6.92 Å². The van der Waals surface area contributed by atoms with Crippen molar-refractivity contribution in [1.82, 2.24) is 20.4 Å². The molecule has 106 valence electrons. The lowest BCUT2D eigenvalue weighted by atomic mass is 10.0. The fraction of sp³-hybridized carbons (Fsp3) is 0.133. The zero-order valence-corrected chi connectivity index (χ0v) is 11.8. The molecule has 0 atom stereocenters. The quantitative estimate of drug-likeness (QED) is 0.769. The van der Waals surface area contributed by atoms with Crippen molar-refractivity contribution in [1.29, 1.82) is 0 Å². The van der Waals surface area contributed by atoms with Gasteiger partial charge in [0.25, 0.3) is 0 Å². The number of nitrogens with two attached hydrogens (primary N) is 1. The number of ether oxygens (including phenoxy) is 1. The van der Waals surface area contributed by atoms with E-state index in [1.807, 2.05) is 31.2 Å². The molecule has 6 nitrogen and oxygen atoms in total. The normalized spacial score (nSPS) is 10.6. The second kappa shape index (κ2) is 5.24. The molecule has 21 heavy (non-hydrogen) atoms. The van der Waals surface area contributed by atoms with E-state index in [9.17, 15) is 0 Å². The Hall–Kier alpha value is -2.89. The van der Waals surface area contributed by atoms with Crippen LogP contribution in [0.4, 0.5) is 5.82 Å². The lowest BCUT2D eigenvalue weighted by molar-refractivity contribution is 0.412. The molecule has 0 fully saturated rings. The molecule has 0 radical (unpaired) electrons. The zero-order valence-electron chi connectivity index (χ0n) is 11.8. The first-order valence-corrected chi connectivity index (χ1v) is 6.46. The molecule has 0 bridgehead atoms. The van der Waals surface area contributed by atoms with Crippen molar-refractivity contribution in [2.24, 2.45) is 0 Å². The van der Waals surface area contributed by atoms with Gasteiger partial charge in [-0.3, -0.25) is 5.10 Å². The minimum atomic E-state index is 0.438. The van der Waals surface area contributed by atoms with Gasteiger partial charge in [-0.05, 0) is 30.2 Å². The number of hydrogen-bond donors (Lipinski definition) is 2. The van der Waals surface area contributed by atoms with Gasteiger partial charge in [-0.2, -0.15) is 15.3 Å². The van der Waals surface area contributed by atoms with E-state index < -0.39 is 0 Å². The SMILES string of the molecule is COc1cc(-c2c(N)n[nH]c2-c2ccnnc2)ccc1C. The number of benzene rings is 1. The van der Waals surface area contributed by atoms with E-state index in [-0.39, 0.29) is 0 Å². The maximum Gasteiger partial charge on any atom is 0.153 e. The molecular formula is C15H15N5O. The van der Waals surface area contributed by atoms with Crippen LogP contribution in [0.2, 0.25) is 0 Å². The van der Waals surface area contributed by atoms with E-state index in [1.54, 1.807) is 19.5 Å². The van der Waals surface area contributed by atoms with Gasteiger partial charge in [0.15, 0.2) is 5.82 Å². The first-order valence-electron chi connectivity index (χ1n) is 6.46. The van der Waals surface area contributed by atoms with Gasteiger partial charge >= 0.3 is 0 Å². The van der Waals surface area contributed by atoms with Gasteiger partial charge in [-0.15, -0.1) is 0 Å². The topological polar surface area (TPSA) is 89.7 Å². The van der Waals surface area contributed by atoms with Crippen LogP contribution in [0.15, 0.2) is 36.7 Å². The molecule has 0 aliphatic heterocycles. The molecule has 0 amide bonds. The number of aromatic amines is 1. The molecule has 6 heteroatoms. The average Bonchev–Trinajstić information content (AvgIpc) is 2.90. The minimum absolute atomic E-state index is 0.438. The van der Waals surface area contributed by atoms with Gasteiger partial charge < -0.3 is 10.5 Å². The molecule has 2 heterocycles. The smallest absolute Gasteiger partial charge is 0.153 e.